The van der Waals surface area contributed by atoms with Gasteiger partial charge in [-0.1, -0.05) is 54.4 Å². The summed E-state index contributed by atoms with van der Waals surface area (Å²) in [5.41, 5.74) is 2.28. The minimum absolute atomic E-state index is 0. The number of hydrogen-bond donors (Lipinski definition) is 0. The molecule has 0 bridgehead atoms. The molecule has 2 aliphatic carbocycles. The standard InChI is InChI=1S/C10H13O.C10H15.Fe/c1-10(2,3)9(11)8-6-4-5-7-8;1-10(2,3)8-9-6-4-5-7-9;/h4,6H,5H2,1-3H3;4,6H,5,8H2,1-3H3;/q2*-1;+2. The van der Waals surface area contributed by atoms with Gasteiger partial charge in [-0.2, -0.15) is 23.8 Å². The van der Waals surface area contributed by atoms with E-state index in [1.54, 1.807) is 0 Å². The van der Waals surface area contributed by atoms with Crippen molar-refractivity contribution < 1.29 is 21.9 Å². The van der Waals surface area contributed by atoms with Gasteiger partial charge in [-0.05, 0) is 10.8 Å². The van der Waals surface area contributed by atoms with Gasteiger partial charge in [0.2, 0.25) is 0 Å². The maximum atomic E-state index is 11.5. The van der Waals surface area contributed by atoms with E-state index in [-0.39, 0.29) is 28.3 Å². The Bertz CT molecular complexity index is 491. The molecule has 2 aliphatic rings. The van der Waals surface area contributed by atoms with Crippen molar-refractivity contribution in [1.29, 1.82) is 0 Å². The van der Waals surface area contributed by atoms with Gasteiger partial charge in [0, 0.05) is 0 Å². The van der Waals surface area contributed by atoms with Crippen LogP contribution in [-0.2, 0) is 21.9 Å². The summed E-state index contributed by atoms with van der Waals surface area (Å²) >= 11 is 0. The van der Waals surface area contributed by atoms with Crippen LogP contribution < -0.4 is 0 Å². The molecule has 0 aromatic rings. The Hall–Kier alpha value is -0.851. The fourth-order valence-corrected chi connectivity index (χ4v) is 2.11. The second-order valence-electron chi connectivity index (χ2n) is 7.82. The third kappa shape index (κ3) is 7.96. The van der Waals surface area contributed by atoms with E-state index in [2.05, 4.69) is 45.1 Å². The molecular formula is C20H28FeO. The Morgan fingerprint density at radius 1 is 1.00 bits per heavy atom. The molecule has 0 atom stereocenters. The van der Waals surface area contributed by atoms with Crippen LogP contribution in [0.3, 0.4) is 0 Å². The van der Waals surface area contributed by atoms with E-state index in [0.29, 0.717) is 5.41 Å². The van der Waals surface area contributed by atoms with Crippen LogP contribution in [0, 0.1) is 23.0 Å². The number of ketones is 1. The maximum Gasteiger partial charge on any atom is 2.00 e. The van der Waals surface area contributed by atoms with Gasteiger partial charge in [0.1, 0.15) is 0 Å². The molecule has 0 aromatic heterocycles. The molecule has 0 amide bonds. The first-order valence-electron chi connectivity index (χ1n) is 7.68. The van der Waals surface area contributed by atoms with Crippen molar-refractivity contribution in [2.45, 2.75) is 60.8 Å². The van der Waals surface area contributed by atoms with E-state index in [4.69, 9.17) is 0 Å². The van der Waals surface area contributed by atoms with Crippen LogP contribution >= 0.6 is 0 Å². The Morgan fingerprint density at radius 3 is 1.91 bits per heavy atom. The topological polar surface area (TPSA) is 17.1 Å². The number of carbonyl (C=O) groups is 1. The fourth-order valence-electron chi connectivity index (χ4n) is 2.11. The van der Waals surface area contributed by atoms with Crippen LogP contribution in [0.1, 0.15) is 60.8 Å². The molecular weight excluding hydrogens is 312 g/mol. The van der Waals surface area contributed by atoms with E-state index in [0.717, 1.165) is 24.8 Å². The third-order valence-electron chi connectivity index (χ3n) is 3.11. The van der Waals surface area contributed by atoms with Crippen LogP contribution in [0.15, 0.2) is 35.5 Å². The Morgan fingerprint density at radius 2 is 1.55 bits per heavy atom. The summed E-state index contributed by atoms with van der Waals surface area (Å²) in [4.78, 5) is 11.5. The summed E-state index contributed by atoms with van der Waals surface area (Å²) in [6, 6.07) is 0. The maximum absolute atomic E-state index is 11.5. The van der Waals surface area contributed by atoms with Crippen molar-refractivity contribution >= 4 is 5.78 Å². The van der Waals surface area contributed by atoms with E-state index >= 15 is 0 Å². The summed E-state index contributed by atoms with van der Waals surface area (Å²) in [5, 5.41) is 0. The van der Waals surface area contributed by atoms with Gasteiger partial charge in [-0.25, -0.2) is 11.6 Å². The molecule has 122 valence electrons. The van der Waals surface area contributed by atoms with E-state index in [1.165, 1.54) is 5.57 Å². The summed E-state index contributed by atoms with van der Waals surface area (Å²) in [6.07, 6.45) is 17.5. The van der Waals surface area contributed by atoms with E-state index in [9.17, 15) is 4.79 Å². The molecule has 2 rings (SSSR count). The minimum Gasteiger partial charge on any atom is -0.370 e. The molecule has 0 aromatic carbocycles. The molecule has 0 spiro atoms. The van der Waals surface area contributed by atoms with Crippen LogP contribution in [0.2, 0.25) is 0 Å². The summed E-state index contributed by atoms with van der Waals surface area (Å²) in [7, 11) is 0. The Labute approximate surface area is 147 Å². The smallest absolute Gasteiger partial charge is 0.370 e. The Kier molecular flexibility index (Phi) is 8.36. The summed E-state index contributed by atoms with van der Waals surface area (Å²) < 4.78 is 0. The normalized spacial score (nSPS) is 16.5. The fraction of sp³-hybridized carbons (Fsp3) is 0.550. The second-order valence-corrected chi connectivity index (χ2v) is 7.82. The molecule has 22 heavy (non-hydrogen) atoms. The van der Waals surface area contributed by atoms with Gasteiger partial charge >= 0.3 is 17.1 Å². The molecule has 0 aliphatic heterocycles. The van der Waals surface area contributed by atoms with Gasteiger partial charge in [0.05, 0.1) is 5.78 Å². The summed E-state index contributed by atoms with van der Waals surface area (Å²) in [5.74, 6) is 0.186. The number of carbonyl (C=O) groups excluding carboxylic acids is 1. The monoisotopic (exact) mass is 340 g/mol. The van der Waals surface area contributed by atoms with Crippen LogP contribution in [0.5, 0.6) is 0 Å². The van der Waals surface area contributed by atoms with Crippen molar-refractivity contribution in [3.05, 3.63) is 47.6 Å². The predicted octanol–water partition coefficient (Wildman–Crippen LogP) is 5.40. The average Bonchev–Trinajstić information content (AvgIpc) is 2.97. The first-order chi connectivity index (χ1) is 9.59. The largest absolute Gasteiger partial charge is 2.00 e. The van der Waals surface area contributed by atoms with E-state index < -0.39 is 0 Å². The molecule has 0 saturated heterocycles. The molecule has 0 fully saturated rings. The van der Waals surface area contributed by atoms with Crippen molar-refractivity contribution in [2.75, 3.05) is 0 Å². The molecule has 0 radical (unpaired) electrons. The molecule has 0 heterocycles. The van der Waals surface area contributed by atoms with Crippen LogP contribution in [0.4, 0.5) is 0 Å². The zero-order chi connectivity index (χ0) is 16.1. The van der Waals surface area contributed by atoms with Gasteiger partial charge in [0.25, 0.3) is 0 Å². The Balaban J connectivity index is 0.000000385. The molecule has 0 saturated carbocycles. The second kappa shape index (κ2) is 8.70. The van der Waals surface area contributed by atoms with Crippen molar-refractivity contribution in [3.8, 4) is 0 Å². The van der Waals surface area contributed by atoms with Gasteiger partial charge < -0.3 is 4.79 Å². The van der Waals surface area contributed by atoms with Crippen LogP contribution in [-0.4, -0.2) is 5.78 Å². The zero-order valence-corrected chi connectivity index (χ0v) is 15.8. The number of Topliss-reactive ketones (excluding diaryl/α,β-unsaturated/α-hetero) is 1. The van der Waals surface area contributed by atoms with Crippen molar-refractivity contribution in [2.24, 2.45) is 10.8 Å². The van der Waals surface area contributed by atoms with Crippen molar-refractivity contribution in [1.82, 2.24) is 0 Å². The third-order valence-corrected chi connectivity index (χ3v) is 3.11. The predicted molar refractivity (Wildman–Crippen MR) is 89.6 cm³/mol. The molecule has 2 heteroatoms. The van der Waals surface area contributed by atoms with Gasteiger partial charge in [0.15, 0.2) is 0 Å². The first kappa shape index (κ1) is 21.1. The first-order valence-corrected chi connectivity index (χ1v) is 7.68. The SMILES string of the molecule is CC(C)(C)C(=O)C1=[C-]CC=C1.CC(C)(C)CC1=[C-]CC=C1.[Fe+2]. The van der Waals surface area contributed by atoms with Crippen LogP contribution in [0.25, 0.3) is 0 Å². The summed E-state index contributed by atoms with van der Waals surface area (Å²) in [6.45, 7) is 12.6. The van der Waals surface area contributed by atoms with E-state index in [1.807, 2.05) is 32.9 Å². The number of rotatable bonds is 2. The quantitative estimate of drug-likeness (QED) is 0.486. The minimum atomic E-state index is -0.267. The average molecular weight is 340 g/mol. The number of hydrogen-bond acceptors (Lipinski definition) is 1. The van der Waals surface area contributed by atoms with Gasteiger partial charge in [-0.15, -0.1) is 12.5 Å². The van der Waals surface area contributed by atoms with Gasteiger partial charge in [-0.3, -0.25) is 6.08 Å². The molecule has 1 nitrogen and oxygen atoms in total. The number of allylic oxidation sites excluding steroid dienone is 8. The zero-order valence-electron chi connectivity index (χ0n) is 14.7. The molecule has 0 unspecified atom stereocenters. The van der Waals surface area contributed by atoms with Crippen molar-refractivity contribution in [3.63, 3.8) is 0 Å². The molecule has 0 N–H and O–H groups in total.